The van der Waals surface area contributed by atoms with Crippen molar-refractivity contribution in [3.63, 3.8) is 0 Å². The molecule has 7 heteroatoms. The van der Waals surface area contributed by atoms with Gasteiger partial charge in [-0.15, -0.1) is 0 Å². The van der Waals surface area contributed by atoms with Crippen molar-refractivity contribution in [2.45, 2.75) is 19.6 Å². The van der Waals surface area contributed by atoms with Gasteiger partial charge in [-0.25, -0.2) is 4.39 Å². The smallest absolute Gasteiger partial charge is 0.167 e. The van der Waals surface area contributed by atoms with Crippen LogP contribution in [0.5, 0.6) is 11.5 Å². The standard InChI is InChI=1S/C19H23BrClFN2O2/c1-23-8-3-9-24-11-15-16(20)6-7-18(25-2)19(15)26-12-13-4-5-14(22)10-17(13)21/h4-7,10,23-24H,3,8-9,11-12H2,1-2H3. The highest BCUT2D eigenvalue weighted by molar-refractivity contribution is 9.10. The molecule has 0 heterocycles. The van der Waals surface area contributed by atoms with E-state index in [2.05, 4.69) is 26.6 Å². The Hall–Kier alpha value is -1.34. The summed E-state index contributed by atoms with van der Waals surface area (Å²) in [6.45, 7) is 2.69. The van der Waals surface area contributed by atoms with Gasteiger partial charge in [0.15, 0.2) is 11.5 Å². The Kier molecular flexibility index (Phi) is 8.65. The summed E-state index contributed by atoms with van der Waals surface area (Å²) in [5.74, 6) is 0.909. The number of halogens is 3. The summed E-state index contributed by atoms with van der Waals surface area (Å²) in [4.78, 5) is 0. The topological polar surface area (TPSA) is 42.5 Å². The molecule has 0 aromatic heterocycles. The first-order valence-corrected chi connectivity index (χ1v) is 9.51. The quantitative estimate of drug-likeness (QED) is 0.527. The summed E-state index contributed by atoms with van der Waals surface area (Å²) >= 11 is 9.67. The zero-order chi connectivity index (χ0) is 18.9. The summed E-state index contributed by atoms with van der Waals surface area (Å²) in [6, 6.07) is 8.05. The van der Waals surface area contributed by atoms with Gasteiger partial charge in [0.2, 0.25) is 0 Å². The molecule has 0 aliphatic heterocycles. The molecule has 0 bridgehead atoms. The predicted molar refractivity (Wildman–Crippen MR) is 107 cm³/mol. The normalized spacial score (nSPS) is 10.8. The van der Waals surface area contributed by atoms with Crippen molar-refractivity contribution >= 4 is 27.5 Å². The average molecular weight is 446 g/mol. The lowest BCUT2D eigenvalue weighted by Gasteiger charge is -2.17. The second-order valence-electron chi connectivity index (χ2n) is 5.72. The van der Waals surface area contributed by atoms with E-state index in [-0.39, 0.29) is 12.4 Å². The molecule has 0 aliphatic carbocycles. The first-order valence-electron chi connectivity index (χ1n) is 8.34. The number of nitrogens with one attached hydrogen (secondary N) is 2. The SMILES string of the molecule is CNCCCNCc1c(Br)ccc(OC)c1OCc1ccc(F)cc1Cl. The minimum atomic E-state index is -0.370. The van der Waals surface area contributed by atoms with E-state index >= 15 is 0 Å². The second-order valence-corrected chi connectivity index (χ2v) is 6.98. The Balaban J connectivity index is 2.14. The summed E-state index contributed by atoms with van der Waals surface area (Å²) in [7, 11) is 3.54. The third kappa shape index (κ3) is 5.84. The summed E-state index contributed by atoms with van der Waals surface area (Å²) in [5, 5.41) is 6.87. The molecule has 0 fully saturated rings. The van der Waals surface area contributed by atoms with Gasteiger partial charge >= 0.3 is 0 Å². The molecule has 2 aromatic carbocycles. The van der Waals surface area contributed by atoms with E-state index in [1.165, 1.54) is 12.1 Å². The maximum atomic E-state index is 13.2. The summed E-state index contributed by atoms with van der Waals surface area (Å²) < 4.78 is 25.6. The molecule has 0 spiro atoms. The van der Waals surface area contributed by atoms with Gasteiger partial charge in [0, 0.05) is 22.1 Å². The van der Waals surface area contributed by atoms with Crippen LogP contribution >= 0.6 is 27.5 Å². The molecule has 4 nitrogen and oxygen atoms in total. The van der Waals surface area contributed by atoms with Crippen molar-refractivity contribution in [1.29, 1.82) is 0 Å². The van der Waals surface area contributed by atoms with Crippen molar-refractivity contribution in [2.75, 3.05) is 27.2 Å². The Bertz CT molecular complexity index is 731. The van der Waals surface area contributed by atoms with E-state index in [0.29, 0.717) is 28.6 Å². The van der Waals surface area contributed by atoms with Crippen LogP contribution in [0.3, 0.4) is 0 Å². The van der Waals surface area contributed by atoms with Crippen LogP contribution in [0.25, 0.3) is 0 Å². The van der Waals surface area contributed by atoms with Gasteiger partial charge in [-0.05, 0) is 50.8 Å². The first-order chi connectivity index (χ1) is 12.6. The summed E-state index contributed by atoms with van der Waals surface area (Å²) in [6.07, 6.45) is 1.03. The van der Waals surface area contributed by atoms with Gasteiger partial charge in [-0.1, -0.05) is 33.6 Å². The van der Waals surface area contributed by atoms with E-state index in [0.717, 1.165) is 29.5 Å². The fourth-order valence-corrected chi connectivity index (χ4v) is 3.13. The monoisotopic (exact) mass is 444 g/mol. The zero-order valence-corrected chi connectivity index (χ0v) is 17.2. The minimum Gasteiger partial charge on any atom is -0.493 e. The molecule has 0 aliphatic rings. The van der Waals surface area contributed by atoms with Crippen molar-refractivity contribution in [1.82, 2.24) is 10.6 Å². The molecule has 142 valence electrons. The maximum Gasteiger partial charge on any atom is 0.167 e. The number of hydrogen-bond acceptors (Lipinski definition) is 4. The Morgan fingerprint density at radius 2 is 2.00 bits per heavy atom. The second kappa shape index (κ2) is 10.7. The fourth-order valence-electron chi connectivity index (χ4n) is 2.46. The lowest BCUT2D eigenvalue weighted by Crippen LogP contribution is -2.20. The predicted octanol–water partition coefficient (Wildman–Crippen LogP) is 4.53. The van der Waals surface area contributed by atoms with Crippen LogP contribution < -0.4 is 20.1 Å². The lowest BCUT2D eigenvalue weighted by atomic mass is 10.1. The summed E-state index contributed by atoms with van der Waals surface area (Å²) in [5.41, 5.74) is 1.68. The van der Waals surface area contributed by atoms with Crippen LogP contribution in [-0.2, 0) is 13.2 Å². The molecule has 0 unspecified atom stereocenters. The van der Waals surface area contributed by atoms with Gasteiger partial charge in [0.25, 0.3) is 0 Å². The Morgan fingerprint density at radius 3 is 2.69 bits per heavy atom. The molecule has 2 rings (SSSR count). The maximum absolute atomic E-state index is 13.2. The number of benzene rings is 2. The third-order valence-electron chi connectivity index (χ3n) is 3.86. The highest BCUT2D eigenvalue weighted by atomic mass is 79.9. The van der Waals surface area contributed by atoms with Crippen molar-refractivity contribution in [2.24, 2.45) is 0 Å². The van der Waals surface area contributed by atoms with E-state index < -0.39 is 0 Å². The van der Waals surface area contributed by atoms with Crippen molar-refractivity contribution in [3.05, 3.63) is 56.8 Å². The molecule has 0 radical (unpaired) electrons. The Labute approximate surface area is 167 Å². The van der Waals surface area contributed by atoms with Crippen LogP contribution in [-0.4, -0.2) is 27.2 Å². The van der Waals surface area contributed by atoms with Gasteiger partial charge in [0.05, 0.1) is 12.1 Å². The molecule has 0 saturated carbocycles. The molecule has 0 atom stereocenters. The van der Waals surface area contributed by atoms with Crippen LogP contribution in [0.15, 0.2) is 34.8 Å². The molecular weight excluding hydrogens is 423 g/mol. The van der Waals surface area contributed by atoms with Crippen LogP contribution in [0.1, 0.15) is 17.5 Å². The molecular formula is C19H23BrClFN2O2. The number of hydrogen-bond donors (Lipinski definition) is 2. The largest absolute Gasteiger partial charge is 0.493 e. The van der Waals surface area contributed by atoms with E-state index in [1.807, 2.05) is 19.2 Å². The van der Waals surface area contributed by atoms with Crippen molar-refractivity contribution in [3.8, 4) is 11.5 Å². The highest BCUT2D eigenvalue weighted by Gasteiger charge is 2.15. The average Bonchev–Trinajstić information content (AvgIpc) is 2.62. The lowest BCUT2D eigenvalue weighted by molar-refractivity contribution is 0.280. The molecule has 2 N–H and O–H groups in total. The van der Waals surface area contributed by atoms with Gasteiger partial charge in [-0.3, -0.25) is 0 Å². The van der Waals surface area contributed by atoms with E-state index in [1.54, 1.807) is 13.2 Å². The molecule has 0 saturated heterocycles. The van der Waals surface area contributed by atoms with E-state index in [4.69, 9.17) is 21.1 Å². The number of ether oxygens (including phenoxy) is 2. The fraction of sp³-hybridized carbons (Fsp3) is 0.368. The van der Waals surface area contributed by atoms with Crippen LogP contribution in [0.4, 0.5) is 4.39 Å². The van der Waals surface area contributed by atoms with Crippen molar-refractivity contribution < 1.29 is 13.9 Å². The zero-order valence-electron chi connectivity index (χ0n) is 14.9. The Morgan fingerprint density at radius 1 is 1.19 bits per heavy atom. The third-order valence-corrected chi connectivity index (χ3v) is 4.95. The van der Waals surface area contributed by atoms with Gasteiger partial charge in [-0.2, -0.15) is 0 Å². The molecule has 26 heavy (non-hydrogen) atoms. The van der Waals surface area contributed by atoms with Crippen LogP contribution in [0.2, 0.25) is 5.02 Å². The number of rotatable bonds is 10. The van der Waals surface area contributed by atoms with E-state index in [9.17, 15) is 4.39 Å². The van der Waals surface area contributed by atoms with Gasteiger partial charge < -0.3 is 20.1 Å². The van der Waals surface area contributed by atoms with Gasteiger partial charge in [0.1, 0.15) is 12.4 Å². The molecule has 2 aromatic rings. The first kappa shape index (κ1) is 21.0. The number of methoxy groups -OCH3 is 1. The molecule has 0 amide bonds. The minimum absolute atomic E-state index is 0.221. The van der Waals surface area contributed by atoms with Crippen LogP contribution in [0, 0.1) is 5.82 Å². The highest BCUT2D eigenvalue weighted by Crippen LogP contribution is 2.37.